The molecule has 3 heterocycles. The number of nitrogens with one attached hydrogen (secondary N) is 1. The normalized spacial score (nSPS) is 20.7. The second-order valence-electron chi connectivity index (χ2n) is 4.31. The van der Waals surface area contributed by atoms with Gasteiger partial charge in [-0.1, -0.05) is 5.16 Å². The molecular formula is C12H15N3O2S. The molecule has 0 radical (unpaired) electrons. The molecule has 0 saturated heterocycles. The lowest BCUT2D eigenvalue weighted by molar-refractivity contribution is 0.109. The van der Waals surface area contributed by atoms with Crippen LogP contribution in [0.2, 0.25) is 0 Å². The third kappa shape index (κ3) is 1.96. The molecule has 3 rings (SSSR count). The molecule has 0 fully saturated rings. The standard InChI is InChI=1S/C12H15N3O2S/c1-7(16-2)11-14-12(17-15-11)10-8-4-6-18-9(8)3-5-13-10/h4,6-7,10,13H,3,5H2,1-2H3. The Bertz CT molecular complexity index is 537. The van der Waals surface area contributed by atoms with Crippen molar-refractivity contribution >= 4 is 11.3 Å². The smallest absolute Gasteiger partial charge is 0.248 e. The second kappa shape index (κ2) is 4.79. The molecule has 1 N–H and O–H groups in total. The van der Waals surface area contributed by atoms with Crippen LogP contribution in [0.15, 0.2) is 16.0 Å². The number of hydrogen-bond donors (Lipinski definition) is 1. The van der Waals surface area contributed by atoms with Gasteiger partial charge < -0.3 is 14.6 Å². The van der Waals surface area contributed by atoms with E-state index in [1.54, 1.807) is 18.4 Å². The molecular weight excluding hydrogens is 250 g/mol. The van der Waals surface area contributed by atoms with Crippen LogP contribution >= 0.6 is 11.3 Å². The number of thiophene rings is 1. The predicted octanol–water partition coefficient (Wildman–Crippen LogP) is 2.07. The van der Waals surface area contributed by atoms with Crippen molar-refractivity contribution in [1.82, 2.24) is 15.5 Å². The summed E-state index contributed by atoms with van der Waals surface area (Å²) in [5.41, 5.74) is 1.26. The third-order valence-corrected chi connectivity index (χ3v) is 4.21. The second-order valence-corrected chi connectivity index (χ2v) is 5.31. The van der Waals surface area contributed by atoms with E-state index in [1.807, 2.05) is 6.92 Å². The van der Waals surface area contributed by atoms with Crippen molar-refractivity contribution in [2.75, 3.05) is 13.7 Å². The van der Waals surface area contributed by atoms with E-state index in [4.69, 9.17) is 9.26 Å². The molecule has 0 amide bonds. The molecule has 0 aliphatic carbocycles. The number of fused-ring (bicyclic) bond motifs is 1. The molecule has 2 atom stereocenters. The van der Waals surface area contributed by atoms with Crippen LogP contribution in [0.4, 0.5) is 0 Å². The summed E-state index contributed by atoms with van der Waals surface area (Å²) in [5.74, 6) is 1.21. The molecule has 2 aromatic rings. The quantitative estimate of drug-likeness (QED) is 0.920. The van der Waals surface area contributed by atoms with Crippen molar-refractivity contribution in [3.8, 4) is 0 Å². The molecule has 2 aromatic heterocycles. The van der Waals surface area contributed by atoms with Crippen molar-refractivity contribution < 1.29 is 9.26 Å². The van der Waals surface area contributed by atoms with E-state index in [0.717, 1.165) is 13.0 Å². The van der Waals surface area contributed by atoms with E-state index in [-0.39, 0.29) is 12.1 Å². The molecule has 0 saturated carbocycles. The van der Waals surface area contributed by atoms with Gasteiger partial charge in [0.1, 0.15) is 12.1 Å². The highest BCUT2D eigenvalue weighted by Crippen LogP contribution is 2.31. The number of methoxy groups -OCH3 is 1. The van der Waals surface area contributed by atoms with Crippen LogP contribution in [0.1, 0.15) is 41.2 Å². The summed E-state index contributed by atoms with van der Waals surface area (Å²) in [6, 6.07) is 2.14. The minimum atomic E-state index is -0.145. The van der Waals surface area contributed by atoms with Crippen LogP contribution in [0.25, 0.3) is 0 Å². The van der Waals surface area contributed by atoms with Crippen LogP contribution < -0.4 is 5.32 Å². The fraction of sp³-hybridized carbons (Fsp3) is 0.500. The van der Waals surface area contributed by atoms with Crippen LogP contribution in [0.5, 0.6) is 0 Å². The first-order valence-electron chi connectivity index (χ1n) is 5.95. The highest BCUT2D eigenvalue weighted by molar-refractivity contribution is 7.10. The Hall–Kier alpha value is -1.24. The van der Waals surface area contributed by atoms with Gasteiger partial charge in [-0.05, 0) is 30.4 Å². The maximum atomic E-state index is 5.35. The summed E-state index contributed by atoms with van der Waals surface area (Å²) < 4.78 is 10.5. The minimum absolute atomic E-state index is 0.0188. The van der Waals surface area contributed by atoms with Crippen molar-refractivity contribution in [2.24, 2.45) is 0 Å². The number of aromatic nitrogens is 2. The predicted molar refractivity (Wildman–Crippen MR) is 67.6 cm³/mol. The van der Waals surface area contributed by atoms with Crippen molar-refractivity contribution in [3.05, 3.63) is 33.6 Å². The van der Waals surface area contributed by atoms with Crippen molar-refractivity contribution in [1.29, 1.82) is 0 Å². The number of ether oxygens (including phenoxy) is 1. The van der Waals surface area contributed by atoms with Gasteiger partial charge in [0.05, 0.1) is 0 Å². The van der Waals surface area contributed by atoms with Crippen LogP contribution in [0, 0.1) is 0 Å². The van der Waals surface area contributed by atoms with Gasteiger partial charge in [-0.2, -0.15) is 4.98 Å². The summed E-state index contributed by atoms with van der Waals surface area (Å²) in [6.45, 7) is 2.84. The first kappa shape index (κ1) is 11.8. The Morgan fingerprint density at radius 2 is 2.50 bits per heavy atom. The summed E-state index contributed by atoms with van der Waals surface area (Å²) in [4.78, 5) is 5.82. The molecule has 1 aliphatic rings. The maximum Gasteiger partial charge on any atom is 0.248 e. The molecule has 96 valence electrons. The first-order chi connectivity index (χ1) is 8.79. The van der Waals surface area contributed by atoms with Gasteiger partial charge >= 0.3 is 0 Å². The summed E-state index contributed by atoms with van der Waals surface area (Å²) >= 11 is 1.79. The Labute approximate surface area is 109 Å². The van der Waals surface area contributed by atoms with Crippen LogP contribution in [-0.4, -0.2) is 23.8 Å². The van der Waals surface area contributed by atoms with Crippen molar-refractivity contribution in [3.63, 3.8) is 0 Å². The van der Waals surface area contributed by atoms with Gasteiger partial charge in [-0.3, -0.25) is 0 Å². The Balaban J connectivity index is 1.90. The topological polar surface area (TPSA) is 60.2 Å². The lowest BCUT2D eigenvalue weighted by Gasteiger charge is -2.20. The SMILES string of the molecule is COC(C)c1noc(C2NCCc3sccc32)n1. The summed E-state index contributed by atoms with van der Waals surface area (Å²) in [6.07, 6.45) is 0.923. The van der Waals surface area contributed by atoms with Gasteiger partial charge in [0.2, 0.25) is 5.89 Å². The van der Waals surface area contributed by atoms with Gasteiger partial charge in [0.25, 0.3) is 0 Å². The number of hydrogen-bond acceptors (Lipinski definition) is 6. The first-order valence-corrected chi connectivity index (χ1v) is 6.83. The lowest BCUT2D eigenvalue weighted by atomic mass is 10.0. The average molecular weight is 265 g/mol. The third-order valence-electron chi connectivity index (χ3n) is 3.21. The zero-order valence-corrected chi connectivity index (χ0v) is 11.2. The average Bonchev–Trinajstić information content (AvgIpc) is 3.05. The van der Waals surface area contributed by atoms with Gasteiger partial charge in [0.15, 0.2) is 5.82 Å². The Kier molecular flexibility index (Phi) is 3.15. The van der Waals surface area contributed by atoms with E-state index in [0.29, 0.717) is 11.7 Å². The van der Waals surface area contributed by atoms with E-state index >= 15 is 0 Å². The number of nitrogens with zero attached hydrogens (tertiary/aromatic N) is 2. The monoisotopic (exact) mass is 265 g/mol. The Morgan fingerprint density at radius 1 is 1.61 bits per heavy atom. The van der Waals surface area contributed by atoms with Gasteiger partial charge in [-0.15, -0.1) is 11.3 Å². The molecule has 1 aliphatic heterocycles. The Morgan fingerprint density at radius 3 is 3.33 bits per heavy atom. The zero-order valence-electron chi connectivity index (χ0n) is 10.3. The fourth-order valence-corrected chi connectivity index (χ4v) is 3.03. The largest absolute Gasteiger partial charge is 0.374 e. The van der Waals surface area contributed by atoms with E-state index in [2.05, 4.69) is 26.9 Å². The molecule has 6 heteroatoms. The van der Waals surface area contributed by atoms with E-state index in [1.165, 1.54) is 10.4 Å². The molecule has 2 unspecified atom stereocenters. The maximum absolute atomic E-state index is 5.35. The van der Waals surface area contributed by atoms with E-state index in [9.17, 15) is 0 Å². The molecule has 0 aromatic carbocycles. The molecule has 18 heavy (non-hydrogen) atoms. The molecule has 5 nitrogen and oxygen atoms in total. The fourth-order valence-electron chi connectivity index (χ4n) is 2.11. The van der Waals surface area contributed by atoms with Crippen LogP contribution in [-0.2, 0) is 11.2 Å². The molecule has 0 bridgehead atoms. The number of rotatable bonds is 3. The van der Waals surface area contributed by atoms with Gasteiger partial charge in [0, 0.05) is 18.5 Å². The lowest BCUT2D eigenvalue weighted by Crippen LogP contribution is -2.29. The summed E-state index contributed by atoms with van der Waals surface area (Å²) in [5, 5.41) is 9.50. The minimum Gasteiger partial charge on any atom is -0.374 e. The zero-order chi connectivity index (χ0) is 12.5. The van der Waals surface area contributed by atoms with E-state index < -0.39 is 0 Å². The highest BCUT2D eigenvalue weighted by atomic mass is 32.1. The summed E-state index contributed by atoms with van der Waals surface area (Å²) in [7, 11) is 1.64. The molecule has 0 spiro atoms. The van der Waals surface area contributed by atoms with Crippen molar-refractivity contribution in [2.45, 2.75) is 25.5 Å². The highest BCUT2D eigenvalue weighted by Gasteiger charge is 2.27. The van der Waals surface area contributed by atoms with Crippen LogP contribution in [0.3, 0.4) is 0 Å². The van der Waals surface area contributed by atoms with Gasteiger partial charge in [-0.25, -0.2) is 0 Å².